The van der Waals surface area contributed by atoms with Crippen molar-refractivity contribution in [1.82, 2.24) is 15.2 Å². The molecule has 0 aromatic carbocycles. The number of H-pyrrole nitrogens is 1. The Morgan fingerprint density at radius 3 is 2.90 bits per heavy atom. The highest BCUT2D eigenvalue weighted by Gasteiger charge is 2.17. The van der Waals surface area contributed by atoms with Crippen LogP contribution < -0.4 is 5.32 Å². The molecule has 0 aliphatic carbocycles. The van der Waals surface area contributed by atoms with Gasteiger partial charge in [-0.05, 0) is 25.3 Å². The second kappa shape index (κ2) is 5.18. The van der Waals surface area contributed by atoms with E-state index in [-0.39, 0.29) is 5.91 Å². The van der Waals surface area contributed by atoms with Crippen LogP contribution in [-0.2, 0) is 0 Å². The van der Waals surface area contributed by atoms with E-state index in [2.05, 4.69) is 20.5 Å². The minimum atomic E-state index is -0.157. The summed E-state index contributed by atoms with van der Waals surface area (Å²) in [7, 11) is 0. The third-order valence-corrected chi connectivity index (χ3v) is 5.00. The van der Waals surface area contributed by atoms with Crippen molar-refractivity contribution in [3.8, 4) is 9.88 Å². The Kier molecular flexibility index (Phi) is 3.37. The molecule has 7 heteroatoms. The van der Waals surface area contributed by atoms with E-state index in [1.54, 1.807) is 17.5 Å². The first-order valence-electron chi connectivity index (χ1n) is 5.98. The summed E-state index contributed by atoms with van der Waals surface area (Å²) in [5.41, 5.74) is 1.65. The first-order valence-corrected chi connectivity index (χ1v) is 7.67. The molecule has 0 saturated heterocycles. The summed E-state index contributed by atoms with van der Waals surface area (Å²) in [6.07, 6.45) is 1.67. The van der Waals surface area contributed by atoms with Crippen LogP contribution in [0.25, 0.3) is 9.88 Å². The van der Waals surface area contributed by atoms with Crippen molar-refractivity contribution in [2.45, 2.75) is 13.8 Å². The molecule has 0 aliphatic rings. The molecule has 0 saturated carbocycles. The molecule has 3 rings (SSSR count). The number of aryl methyl sites for hydroxylation is 2. The lowest BCUT2D eigenvalue weighted by Gasteiger charge is -2.01. The lowest BCUT2D eigenvalue weighted by atomic mass is 10.3. The maximum Gasteiger partial charge on any atom is 0.268 e. The van der Waals surface area contributed by atoms with E-state index in [0.29, 0.717) is 10.7 Å². The highest BCUT2D eigenvalue weighted by molar-refractivity contribution is 7.22. The van der Waals surface area contributed by atoms with Crippen LogP contribution in [0.5, 0.6) is 0 Å². The Morgan fingerprint density at radius 1 is 1.40 bits per heavy atom. The largest absolute Gasteiger partial charge is 0.306 e. The van der Waals surface area contributed by atoms with Gasteiger partial charge in [-0.15, -0.1) is 22.7 Å². The maximum atomic E-state index is 12.3. The molecule has 0 radical (unpaired) electrons. The number of thiazole rings is 1. The number of carbonyl (C=O) groups is 1. The van der Waals surface area contributed by atoms with Crippen molar-refractivity contribution in [3.05, 3.63) is 39.8 Å². The highest BCUT2D eigenvalue weighted by Crippen LogP contribution is 2.31. The van der Waals surface area contributed by atoms with E-state index >= 15 is 0 Å². The van der Waals surface area contributed by atoms with E-state index in [9.17, 15) is 4.79 Å². The Bertz CT molecular complexity index is 742. The number of thiophene rings is 1. The summed E-state index contributed by atoms with van der Waals surface area (Å²) in [5, 5.41) is 12.4. The van der Waals surface area contributed by atoms with Crippen molar-refractivity contribution in [2.24, 2.45) is 0 Å². The van der Waals surface area contributed by atoms with Crippen LogP contribution in [-0.4, -0.2) is 21.1 Å². The molecule has 20 heavy (non-hydrogen) atoms. The number of rotatable bonds is 3. The molecule has 3 heterocycles. The van der Waals surface area contributed by atoms with Gasteiger partial charge in [-0.2, -0.15) is 5.10 Å². The lowest BCUT2D eigenvalue weighted by Crippen LogP contribution is -2.12. The minimum absolute atomic E-state index is 0.157. The number of carbonyl (C=O) groups excluding carboxylic acids is 1. The summed E-state index contributed by atoms with van der Waals surface area (Å²) in [5.74, 6) is 0.468. The summed E-state index contributed by atoms with van der Waals surface area (Å²) in [6, 6.07) is 3.98. The summed E-state index contributed by atoms with van der Waals surface area (Å²) in [6.45, 7) is 3.73. The molecular formula is C13H12N4OS2. The molecule has 0 unspecified atom stereocenters. The van der Waals surface area contributed by atoms with E-state index in [4.69, 9.17) is 0 Å². The minimum Gasteiger partial charge on any atom is -0.306 e. The molecule has 102 valence electrons. The third-order valence-electron chi connectivity index (χ3n) is 2.80. The van der Waals surface area contributed by atoms with Gasteiger partial charge in [-0.1, -0.05) is 6.07 Å². The Labute approximate surface area is 123 Å². The van der Waals surface area contributed by atoms with Crippen molar-refractivity contribution in [2.75, 3.05) is 5.32 Å². The smallest absolute Gasteiger partial charge is 0.268 e. The number of nitrogens with zero attached hydrogens (tertiary/aromatic N) is 2. The van der Waals surface area contributed by atoms with Crippen LogP contribution in [0.4, 0.5) is 5.82 Å². The molecule has 0 fully saturated rings. The zero-order chi connectivity index (χ0) is 14.1. The average molecular weight is 304 g/mol. The maximum absolute atomic E-state index is 12.3. The molecule has 0 atom stereocenters. The standard InChI is InChI=1S/C13H12N4OS2/c1-7-6-14-17-11(7)16-12(18)10-8(2)15-13(20-10)9-4-3-5-19-9/h3-6H,1-2H3,(H2,14,16,17,18). The fourth-order valence-corrected chi connectivity index (χ4v) is 3.51. The van der Waals surface area contributed by atoms with Crippen LogP contribution >= 0.6 is 22.7 Å². The van der Waals surface area contributed by atoms with E-state index < -0.39 is 0 Å². The monoisotopic (exact) mass is 304 g/mol. The van der Waals surface area contributed by atoms with Crippen LogP contribution in [0.15, 0.2) is 23.7 Å². The van der Waals surface area contributed by atoms with Crippen LogP contribution in [0.1, 0.15) is 20.9 Å². The van der Waals surface area contributed by atoms with E-state index in [0.717, 1.165) is 21.1 Å². The fourth-order valence-electron chi connectivity index (χ4n) is 1.76. The first-order chi connectivity index (χ1) is 9.65. The van der Waals surface area contributed by atoms with Crippen molar-refractivity contribution >= 4 is 34.4 Å². The quantitative estimate of drug-likeness (QED) is 0.778. The topological polar surface area (TPSA) is 70.7 Å². The normalized spacial score (nSPS) is 10.7. The fraction of sp³-hybridized carbons (Fsp3) is 0.154. The predicted octanol–water partition coefficient (Wildman–Crippen LogP) is 3.46. The molecule has 5 nitrogen and oxygen atoms in total. The van der Waals surface area contributed by atoms with Gasteiger partial charge >= 0.3 is 0 Å². The highest BCUT2D eigenvalue weighted by atomic mass is 32.1. The van der Waals surface area contributed by atoms with Crippen molar-refractivity contribution in [3.63, 3.8) is 0 Å². The molecule has 3 aromatic rings. The molecule has 0 spiro atoms. The Hall–Kier alpha value is -1.99. The summed E-state index contributed by atoms with van der Waals surface area (Å²) < 4.78 is 0. The number of hydrogen-bond donors (Lipinski definition) is 2. The van der Waals surface area contributed by atoms with Gasteiger partial charge in [0, 0.05) is 5.56 Å². The summed E-state index contributed by atoms with van der Waals surface area (Å²) in [4.78, 5) is 18.5. The summed E-state index contributed by atoms with van der Waals surface area (Å²) >= 11 is 3.02. The SMILES string of the molecule is Cc1cn[nH]c1NC(=O)c1sc(-c2cccs2)nc1C. The van der Waals surface area contributed by atoms with Gasteiger partial charge in [0.25, 0.3) is 5.91 Å². The van der Waals surface area contributed by atoms with Gasteiger partial charge in [0.2, 0.25) is 0 Å². The van der Waals surface area contributed by atoms with Crippen molar-refractivity contribution < 1.29 is 4.79 Å². The van der Waals surface area contributed by atoms with Crippen LogP contribution in [0.3, 0.4) is 0 Å². The molecule has 0 aliphatic heterocycles. The number of aromatic nitrogens is 3. The molecule has 0 bridgehead atoms. The van der Waals surface area contributed by atoms with Gasteiger partial charge in [0.1, 0.15) is 15.7 Å². The Morgan fingerprint density at radius 2 is 2.25 bits per heavy atom. The number of amides is 1. The second-order valence-electron chi connectivity index (χ2n) is 4.29. The second-order valence-corrected chi connectivity index (χ2v) is 6.24. The molecular weight excluding hydrogens is 292 g/mol. The number of aromatic amines is 1. The number of nitrogens with one attached hydrogen (secondary N) is 2. The molecule has 3 aromatic heterocycles. The molecule has 1 amide bonds. The van der Waals surface area contributed by atoms with Gasteiger partial charge in [0.05, 0.1) is 16.8 Å². The van der Waals surface area contributed by atoms with Gasteiger partial charge < -0.3 is 5.32 Å². The van der Waals surface area contributed by atoms with Crippen molar-refractivity contribution in [1.29, 1.82) is 0 Å². The predicted molar refractivity (Wildman–Crippen MR) is 81.4 cm³/mol. The van der Waals surface area contributed by atoms with Gasteiger partial charge in [0.15, 0.2) is 0 Å². The average Bonchev–Trinajstić information content (AvgIpc) is 3.11. The van der Waals surface area contributed by atoms with Crippen LogP contribution in [0.2, 0.25) is 0 Å². The van der Waals surface area contributed by atoms with E-state index in [1.165, 1.54) is 11.3 Å². The molecule has 2 N–H and O–H groups in total. The van der Waals surface area contributed by atoms with Gasteiger partial charge in [-0.3, -0.25) is 9.89 Å². The van der Waals surface area contributed by atoms with Gasteiger partial charge in [-0.25, -0.2) is 4.98 Å². The number of anilines is 1. The zero-order valence-corrected chi connectivity index (χ0v) is 12.6. The lowest BCUT2D eigenvalue weighted by molar-refractivity contribution is 0.102. The Balaban J connectivity index is 1.87. The van der Waals surface area contributed by atoms with Crippen LogP contribution in [0, 0.1) is 13.8 Å². The third kappa shape index (κ3) is 2.37. The van der Waals surface area contributed by atoms with E-state index in [1.807, 2.05) is 31.4 Å². The zero-order valence-electron chi connectivity index (χ0n) is 10.9. The number of hydrogen-bond acceptors (Lipinski definition) is 5. The first kappa shape index (κ1) is 13.0.